The number of hydrogen-bond acceptors (Lipinski definition) is 3. The molecule has 13 heavy (non-hydrogen) atoms. The van der Waals surface area contributed by atoms with Crippen LogP contribution in [0.4, 0.5) is 0 Å². The number of carboxylic acid groups (broad SMARTS) is 1. The molecule has 0 aliphatic carbocycles. The topological polar surface area (TPSA) is 55.8 Å². The lowest BCUT2D eigenvalue weighted by Gasteiger charge is -2.34. The van der Waals surface area contributed by atoms with Gasteiger partial charge in [0.15, 0.2) is 5.60 Å². The minimum absolute atomic E-state index is 0.0382. The van der Waals surface area contributed by atoms with E-state index in [9.17, 15) is 4.79 Å². The first-order chi connectivity index (χ1) is 6.11. The lowest BCUT2D eigenvalue weighted by molar-refractivity contribution is -0.173. The zero-order chi connectivity index (χ0) is 9.90. The summed E-state index contributed by atoms with van der Waals surface area (Å²) < 4.78 is 10.3. The maximum absolute atomic E-state index is 11.0. The third kappa shape index (κ3) is 2.00. The molecule has 2 atom stereocenters. The standard InChI is InChI=1S/C9H16O4/c1-9(12-2,8(10)11)7-4-3-5-13-6-7/h7H,3-6H2,1-2H3,(H,10,11). The van der Waals surface area contributed by atoms with E-state index in [0.717, 1.165) is 19.4 Å². The molecule has 76 valence electrons. The number of aliphatic carboxylic acids is 1. The highest BCUT2D eigenvalue weighted by Gasteiger charge is 2.42. The van der Waals surface area contributed by atoms with Gasteiger partial charge in [-0.05, 0) is 19.8 Å². The molecule has 1 heterocycles. The predicted octanol–water partition coefficient (Wildman–Crippen LogP) is 0.903. The summed E-state index contributed by atoms with van der Waals surface area (Å²) in [5.41, 5.74) is -1.10. The van der Waals surface area contributed by atoms with Crippen LogP contribution in [0.2, 0.25) is 0 Å². The summed E-state index contributed by atoms with van der Waals surface area (Å²) in [6.07, 6.45) is 1.77. The summed E-state index contributed by atoms with van der Waals surface area (Å²) in [5, 5.41) is 9.00. The number of hydrogen-bond donors (Lipinski definition) is 1. The van der Waals surface area contributed by atoms with E-state index in [-0.39, 0.29) is 5.92 Å². The molecule has 1 saturated heterocycles. The fourth-order valence-corrected chi connectivity index (χ4v) is 1.60. The first-order valence-corrected chi connectivity index (χ1v) is 4.47. The molecule has 4 heteroatoms. The first-order valence-electron chi connectivity index (χ1n) is 4.47. The molecule has 0 spiro atoms. The Hall–Kier alpha value is -0.610. The molecule has 1 fully saturated rings. The van der Waals surface area contributed by atoms with Gasteiger partial charge in [-0.25, -0.2) is 4.79 Å². The molecule has 0 amide bonds. The molecule has 1 aliphatic rings. The molecule has 1 N–H and O–H groups in total. The van der Waals surface area contributed by atoms with Crippen molar-refractivity contribution in [1.82, 2.24) is 0 Å². The van der Waals surface area contributed by atoms with Crippen LogP contribution >= 0.6 is 0 Å². The Labute approximate surface area is 77.8 Å². The van der Waals surface area contributed by atoms with Crippen LogP contribution in [-0.2, 0) is 14.3 Å². The number of methoxy groups -OCH3 is 1. The van der Waals surface area contributed by atoms with Crippen LogP contribution in [0.1, 0.15) is 19.8 Å². The molecule has 1 rings (SSSR count). The highest BCUT2D eigenvalue weighted by Crippen LogP contribution is 2.28. The van der Waals surface area contributed by atoms with E-state index < -0.39 is 11.6 Å². The largest absolute Gasteiger partial charge is 0.479 e. The van der Waals surface area contributed by atoms with E-state index in [4.69, 9.17) is 14.6 Å². The number of carboxylic acids is 1. The fourth-order valence-electron chi connectivity index (χ4n) is 1.60. The summed E-state index contributed by atoms with van der Waals surface area (Å²) in [7, 11) is 1.43. The molecule has 0 saturated carbocycles. The van der Waals surface area contributed by atoms with E-state index >= 15 is 0 Å². The van der Waals surface area contributed by atoms with Gasteiger partial charge in [0.25, 0.3) is 0 Å². The summed E-state index contributed by atoms with van der Waals surface area (Å²) in [6, 6.07) is 0. The van der Waals surface area contributed by atoms with Crippen LogP contribution in [0.3, 0.4) is 0 Å². The average molecular weight is 188 g/mol. The van der Waals surface area contributed by atoms with E-state index in [2.05, 4.69) is 0 Å². The van der Waals surface area contributed by atoms with Crippen molar-refractivity contribution < 1.29 is 19.4 Å². The lowest BCUT2D eigenvalue weighted by Crippen LogP contribution is -2.48. The van der Waals surface area contributed by atoms with Gasteiger partial charge in [-0.2, -0.15) is 0 Å². The van der Waals surface area contributed by atoms with Gasteiger partial charge in [0.05, 0.1) is 6.61 Å². The Morgan fingerprint density at radius 3 is 2.77 bits per heavy atom. The van der Waals surface area contributed by atoms with Gasteiger partial charge in [0.1, 0.15) is 0 Å². The third-order valence-corrected chi connectivity index (χ3v) is 2.79. The minimum Gasteiger partial charge on any atom is -0.479 e. The van der Waals surface area contributed by atoms with Gasteiger partial charge in [-0.15, -0.1) is 0 Å². The molecular formula is C9H16O4. The SMILES string of the molecule is COC(C)(C(=O)O)C1CCCOC1. The van der Waals surface area contributed by atoms with E-state index in [0.29, 0.717) is 6.61 Å². The molecular weight excluding hydrogens is 172 g/mol. The second-order valence-electron chi connectivity index (χ2n) is 3.53. The number of rotatable bonds is 3. The van der Waals surface area contributed by atoms with Crippen molar-refractivity contribution >= 4 is 5.97 Å². The average Bonchev–Trinajstić information content (AvgIpc) is 2.17. The fraction of sp³-hybridized carbons (Fsp3) is 0.889. The van der Waals surface area contributed by atoms with Crippen molar-refractivity contribution in [1.29, 1.82) is 0 Å². The number of ether oxygens (including phenoxy) is 2. The Kier molecular flexibility index (Phi) is 3.27. The summed E-state index contributed by atoms with van der Waals surface area (Å²) in [6.45, 7) is 2.82. The maximum Gasteiger partial charge on any atom is 0.336 e. The monoisotopic (exact) mass is 188 g/mol. The smallest absolute Gasteiger partial charge is 0.336 e. The molecule has 0 aromatic heterocycles. The van der Waals surface area contributed by atoms with Crippen molar-refractivity contribution in [3.63, 3.8) is 0 Å². The van der Waals surface area contributed by atoms with Crippen LogP contribution in [-0.4, -0.2) is 37.0 Å². The minimum atomic E-state index is -1.10. The van der Waals surface area contributed by atoms with Gasteiger partial charge in [-0.1, -0.05) is 0 Å². The van der Waals surface area contributed by atoms with Gasteiger partial charge in [0.2, 0.25) is 0 Å². The zero-order valence-corrected chi connectivity index (χ0v) is 8.08. The molecule has 2 unspecified atom stereocenters. The van der Waals surface area contributed by atoms with Crippen LogP contribution in [0.25, 0.3) is 0 Å². The highest BCUT2D eigenvalue weighted by atomic mass is 16.5. The van der Waals surface area contributed by atoms with Gasteiger partial charge in [0, 0.05) is 19.6 Å². The van der Waals surface area contributed by atoms with Gasteiger partial charge < -0.3 is 14.6 Å². The highest BCUT2D eigenvalue weighted by molar-refractivity contribution is 5.77. The third-order valence-electron chi connectivity index (χ3n) is 2.79. The van der Waals surface area contributed by atoms with Crippen LogP contribution in [0, 0.1) is 5.92 Å². The maximum atomic E-state index is 11.0. The predicted molar refractivity (Wildman–Crippen MR) is 46.6 cm³/mol. The molecule has 0 aromatic carbocycles. The molecule has 4 nitrogen and oxygen atoms in total. The summed E-state index contributed by atoms with van der Waals surface area (Å²) in [5.74, 6) is -0.950. The van der Waals surface area contributed by atoms with Gasteiger partial charge in [-0.3, -0.25) is 0 Å². The van der Waals surface area contributed by atoms with Crippen LogP contribution in [0.15, 0.2) is 0 Å². The summed E-state index contributed by atoms with van der Waals surface area (Å²) in [4.78, 5) is 11.0. The normalized spacial score (nSPS) is 28.0. The first kappa shape index (κ1) is 10.5. The van der Waals surface area contributed by atoms with Crippen molar-refractivity contribution in [3.05, 3.63) is 0 Å². The molecule has 0 aromatic rings. The lowest BCUT2D eigenvalue weighted by atomic mass is 9.85. The molecule has 0 bridgehead atoms. The van der Waals surface area contributed by atoms with E-state index in [1.54, 1.807) is 6.92 Å². The number of carbonyl (C=O) groups is 1. The molecule has 1 aliphatic heterocycles. The van der Waals surface area contributed by atoms with E-state index in [1.807, 2.05) is 0 Å². The van der Waals surface area contributed by atoms with Crippen LogP contribution < -0.4 is 0 Å². The molecule has 0 radical (unpaired) electrons. The van der Waals surface area contributed by atoms with Gasteiger partial charge >= 0.3 is 5.97 Å². The summed E-state index contributed by atoms with van der Waals surface area (Å²) >= 11 is 0. The van der Waals surface area contributed by atoms with Crippen molar-refractivity contribution in [2.75, 3.05) is 20.3 Å². The second-order valence-corrected chi connectivity index (χ2v) is 3.53. The quantitative estimate of drug-likeness (QED) is 0.715. The van der Waals surface area contributed by atoms with Crippen molar-refractivity contribution in [2.45, 2.75) is 25.4 Å². The van der Waals surface area contributed by atoms with Crippen molar-refractivity contribution in [2.24, 2.45) is 5.92 Å². The zero-order valence-electron chi connectivity index (χ0n) is 8.08. The second kappa shape index (κ2) is 4.07. The Morgan fingerprint density at radius 2 is 2.38 bits per heavy atom. The Bertz CT molecular complexity index is 186. The Morgan fingerprint density at radius 1 is 1.69 bits per heavy atom. The van der Waals surface area contributed by atoms with E-state index in [1.165, 1.54) is 7.11 Å². The van der Waals surface area contributed by atoms with Crippen molar-refractivity contribution in [3.8, 4) is 0 Å². The Balaban J connectivity index is 2.68. The van der Waals surface area contributed by atoms with Crippen LogP contribution in [0.5, 0.6) is 0 Å².